The zero-order valence-electron chi connectivity index (χ0n) is 14.8. The van der Waals surface area contributed by atoms with Gasteiger partial charge in [-0.1, -0.05) is 29.3 Å². The number of carbonyl (C=O) groups excluding carboxylic acids is 1. The first-order chi connectivity index (χ1) is 13.3. The smallest absolute Gasteiger partial charge is 0.303 e. The van der Waals surface area contributed by atoms with Crippen LogP contribution in [0.4, 0.5) is 0 Å². The van der Waals surface area contributed by atoms with Crippen LogP contribution in [0.5, 0.6) is 5.75 Å². The Balaban J connectivity index is 2.16. The van der Waals surface area contributed by atoms with Gasteiger partial charge in [-0.05, 0) is 25.1 Å². The van der Waals surface area contributed by atoms with E-state index in [0.717, 1.165) is 9.54 Å². The molecule has 2 heterocycles. The molecule has 3 rings (SSSR count). The Hall–Kier alpha value is -3.22. The number of benzene rings is 1. The molecule has 0 unspecified atom stereocenters. The van der Waals surface area contributed by atoms with Crippen molar-refractivity contribution in [3.63, 3.8) is 0 Å². The van der Waals surface area contributed by atoms with Crippen LogP contribution in [0.2, 0.25) is 5.02 Å². The summed E-state index contributed by atoms with van der Waals surface area (Å²) in [6.45, 7) is 1.84. The largest absolute Gasteiger partial charge is 0.492 e. The number of nitriles is 1. The number of aryl methyl sites for hydroxylation is 1. The van der Waals surface area contributed by atoms with Crippen LogP contribution in [0.3, 0.4) is 0 Å². The zero-order chi connectivity index (χ0) is 20.5. The van der Waals surface area contributed by atoms with Gasteiger partial charge in [0.25, 0.3) is 10.0 Å². The number of rotatable bonds is 5. The average Bonchev–Trinajstić information content (AvgIpc) is 3.25. The van der Waals surface area contributed by atoms with Crippen LogP contribution in [0.25, 0.3) is 11.5 Å². The molecule has 1 aromatic carbocycles. The van der Waals surface area contributed by atoms with Gasteiger partial charge in [0.05, 0.1) is 17.0 Å². The minimum atomic E-state index is -3.98. The third-order valence-corrected chi connectivity index (χ3v) is 5.90. The van der Waals surface area contributed by atoms with E-state index in [1.165, 1.54) is 43.8 Å². The first-order valence-electron chi connectivity index (χ1n) is 7.86. The molecule has 0 saturated carbocycles. The molecule has 0 aliphatic rings. The summed E-state index contributed by atoms with van der Waals surface area (Å²) >= 11 is 6.20. The van der Waals surface area contributed by atoms with Crippen molar-refractivity contribution in [3.8, 4) is 23.4 Å². The van der Waals surface area contributed by atoms with Crippen molar-refractivity contribution >= 4 is 27.5 Å². The van der Waals surface area contributed by atoms with Crippen LogP contribution in [-0.4, -0.2) is 25.4 Å². The van der Waals surface area contributed by atoms with E-state index < -0.39 is 15.9 Å². The summed E-state index contributed by atoms with van der Waals surface area (Å²) in [7, 11) is -2.67. The van der Waals surface area contributed by atoms with Crippen molar-refractivity contribution in [3.05, 3.63) is 58.9 Å². The molecule has 0 aliphatic carbocycles. The van der Waals surface area contributed by atoms with Crippen molar-refractivity contribution in [2.24, 2.45) is 0 Å². The molecule has 28 heavy (non-hydrogen) atoms. The Bertz CT molecular complexity index is 1190. The summed E-state index contributed by atoms with van der Waals surface area (Å²) in [6, 6.07) is 9.05. The molecule has 1 amide bonds. The number of hydrogen-bond donors (Lipinski definition) is 1. The summed E-state index contributed by atoms with van der Waals surface area (Å²) < 4.78 is 37.6. The van der Waals surface area contributed by atoms with Crippen LogP contribution in [0, 0.1) is 18.4 Å². The van der Waals surface area contributed by atoms with E-state index >= 15 is 0 Å². The van der Waals surface area contributed by atoms with Crippen molar-refractivity contribution in [2.75, 3.05) is 7.11 Å². The predicted molar refractivity (Wildman–Crippen MR) is 101 cm³/mol. The lowest BCUT2D eigenvalue weighted by atomic mass is 10.2. The molecule has 0 saturated heterocycles. The summed E-state index contributed by atoms with van der Waals surface area (Å²) in [6.07, 6.45) is 2.78. The van der Waals surface area contributed by atoms with Crippen LogP contribution in [0.15, 0.2) is 51.9 Å². The second-order valence-corrected chi connectivity index (χ2v) is 7.92. The van der Waals surface area contributed by atoms with Crippen molar-refractivity contribution in [1.29, 1.82) is 5.26 Å². The SMILES string of the molecule is COc1cc(-c2c(Cl)ccn2S(=O)(=O)c2ccc(C)cc2)oc1C(=O)NC#N. The highest BCUT2D eigenvalue weighted by atomic mass is 35.5. The average molecular weight is 420 g/mol. The van der Waals surface area contributed by atoms with Gasteiger partial charge in [0.1, 0.15) is 5.69 Å². The molecule has 0 bridgehead atoms. The van der Waals surface area contributed by atoms with Crippen molar-refractivity contribution in [1.82, 2.24) is 9.29 Å². The lowest BCUT2D eigenvalue weighted by Gasteiger charge is -2.10. The number of ether oxygens (including phenoxy) is 1. The van der Waals surface area contributed by atoms with Gasteiger partial charge in [0, 0.05) is 12.3 Å². The fraction of sp³-hybridized carbons (Fsp3) is 0.111. The maximum Gasteiger partial charge on any atom is 0.303 e. The Morgan fingerprint density at radius 2 is 1.96 bits per heavy atom. The second-order valence-electron chi connectivity index (χ2n) is 5.70. The number of nitrogens with one attached hydrogen (secondary N) is 1. The van der Waals surface area contributed by atoms with E-state index in [4.69, 9.17) is 26.0 Å². The number of aromatic nitrogens is 1. The number of methoxy groups -OCH3 is 1. The Kier molecular flexibility index (Phi) is 5.18. The van der Waals surface area contributed by atoms with Crippen molar-refractivity contribution in [2.45, 2.75) is 11.8 Å². The molecule has 0 fully saturated rings. The van der Waals surface area contributed by atoms with Gasteiger partial charge in [-0.25, -0.2) is 12.4 Å². The highest BCUT2D eigenvalue weighted by Crippen LogP contribution is 2.37. The molecule has 144 valence electrons. The number of carbonyl (C=O) groups is 1. The van der Waals surface area contributed by atoms with E-state index in [1.54, 1.807) is 12.1 Å². The topological polar surface area (TPSA) is 114 Å². The van der Waals surface area contributed by atoms with E-state index in [1.807, 2.05) is 12.2 Å². The minimum absolute atomic E-state index is 0.00868. The fourth-order valence-corrected chi connectivity index (χ4v) is 4.20. The molecule has 1 N–H and O–H groups in total. The number of halogens is 1. The van der Waals surface area contributed by atoms with Crippen LogP contribution in [0.1, 0.15) is 16.1 Å². The summed E-state index contributed by atoms with van der Waals surface area (Å²) in [4.78, 5) is 12.0. The molecule has 0 atom stereocenters. The normalized spacial score (nSPS) is 11.1. The molecule has 8 nitrogen and oxygen atoms in total. The number of furan rings is 1. The van der Waals surface area contributed by atoms with Crippen molar-refractivity contribution < 1.29 is 22.4 Å². The van der Waals surface area contributed by atoms with Crippen LogP contribution < -0.4 is 10.1 Å². The quantitative estimate of drug-likeness (QED) is 0.501. The molecule has 10 heteroatoms. The standard InChI is InChI=1S/C18H14ClN3O5S/c1-11-3-5-12(6-4-11)28(24,25)22-8-7-13(19)16(22)14-9-15(26-2)17(27-14)18(23)21-10-20/h3-9H,1-2H3,(H,21,23). The summed E-state index contributed by atoms with van der Waals surface area (Å²) in [5.41, 5.74) is 0.935. The predicted octanol–water partition coefficient (Wildman–Crippen LogP) is 3.17. The summed E-state index contributed by atoms with van der Waals surface area (Å²) in [5.74, 6) is -1.10. The minimum Gasteiger partial charge on any atom is -0.492 e. The maximum absolute atomic E-state index is 13.1. The zero-order valence-corrected chi connectivity index (χ0v) is 16.3. The van der Waals surface area contributed by atoms with Crippen LogP contribution >= 0.6 is 11.6 Å². The first-order valence-corrected chi connectivity index (χ1v) is 9.68. The third kappa shape index (κ3) is 3.35. The van der Waals surface area contributed by atoms with Gasteiger partial charge in [0.15, 0.2) is 17.7 Å². The lowest BCUT2D eigenvalue weighted by Crippen LogP contribution is -2.17. The lowest BCUT2D eigenvalue weighted by molar-refractivity contribution is 0.0942. The highest BCUT2D eigenvalue weighted by molar-refractivity contribution is 7.90. The Morgan fingerprint density at radius 3 is 2.57 bits per heavy atom. The summed E-state index contributed by atoms with van der Waals surface area (Å²) in [5, 5.41) is 10.6. The monoisotopic (exact) mass is 419 g/mol. The number of hydrogen-bond acceptors (Lipinski definition) is 6. The van der Waals surface area contributed by atoms with Gasteiger partial charge in [-0.15, -0.1) is 0 Å². The third-order valence-electron chi connectivity index (χ3n) is 3.91. The molecule has 0 aliphatic heterocycles. The molecule has 3 aromatic rings. The van der Waals surface area contributed by atoms with E-state index in [0.29, 0.717) is 0 Å². The van der Waals surface area contributed by atoms with Crippen LogP contribution in [-0.2, 0) is 10.0 Å². The Morgan fingerprint density at radius 1 is 1.29 bits per heavy atom. The van der Waals surface area contributed by atoms with E-state index in [2.05, 4.69) is 0 Å². The van der Waals surface area contributed by atoms with Gasteiger partial charge in [-0.2, -0.15) is 5.26 Å². The van der Waals surface area contributed by atoms with E-state index in [9.17, 15) is 13.2 Å². The van der Waals surface area contributed by atoms with Gasteiger partial charge < -0.3 is 9.15 Å². The number of nitrogens with zero attached hydrogens (tertiary/aromatic N) is 2. The van der Waals surface area contributed by atoms with Gasteiger partial charge in [-0.3, -0.25) is 10.1 Å². The number of amides is 1. The molecule has 2 aromatic heterocycles. The van der Waals surface area contributed by atoms with E-state index in [-0.39, 0.29) is 32.9 Å². The maximum atomic E-state index is 13.1. The highest BCUT2D eigenvalue weighted by Gasteiger charge is 2.27. The molecular formula is C18H14ClN3O5S. The Labute approximate surface area is 166 Å². The van der Waals surface area contributed by atoms with Gasteiger partial charge >= 0.3 is 5.91 Å². The second kappa shape index (κ2) is 7.42. The molecule has 0 radical (unpaired) electrons. The van der Waals surface area contributed by atoms with Gasteiger partial charge in [0.2, 0.25) is 5.76 Å². The fourth-order valence-electron chi connectivity index (χ4n) is 2.55. The first kappa shape index (κ1) is 19.5. The molecular weight excluding hydrogens is 406 g/mol. The molecule has 0 spiro atoms.